The maximum Gasteiger partial charge on any atom is 0.232 e. The Hall–Kier alpha value is -0.180. The molecule has 13 heavy (non-hydrogen) atoms. The van der Waals surface area contributed by atoms with E-state index < -0.39 is 0 Å². The second kappa shape index (κ2) is 3.52. The molecule has 1 spiro atoms. The van der Waals surface area contributed by atoms with E-state index in [1.165, 1.54) is 32.1 Å². The number of likely N-dealkylation sites (tertiary alicyclic amines) is 1. The summed E-state index contributed by atoms with van der Waals surface area (Å²) in [5, 5.41) is 0. The molecule has 74 valence electrons. The number of hydrogen-bond donors (Lipinski definition) is 1. The molecule has 0 bridgehead atoms. The van der Waals surface area contributed by atoms with Crippen LogP contribution in [0.1, 0.15) is 32.1 Å². The lowest BCUT2D eigenvalue weighted by Gasteiger charge is -2.23. The molecule has 2 aliphatic rings. The van der Waals surface area contributed by atoms with E-state index >= 15 is 0 Å². The van der Waals surface area contributed by atoms with E-state index in [4.69, 9.17) is 0 Å². The van der Waals surface area contributed by atoms with Crippen molar-refractivity contribution < 1.29 is 4.79 Å². The molecular weight excluding hydrogens is 182 g/mol. The van der Waals surface area contributed by atoms with Crippen LogP contribution in [0.3, 0.4) is 0 Å². The van der Waals surface area contributed by atoms with Gasteiger partial charge in [-0.3, -0.25) is 4.79 Å². The fourth-order valence-electron chi connectivity index (χ4n) is 2.78. The number of carbonyl (C=O) groups excluding carboxylic acids is 1. The summed E-state index contributed by atoms with van der Waals surface area (Å²) in [5.74, 6) is 0.586. The van der Waals surface area contributed by atoms with Crippen molar-refractivity contribution in [3.63, 3.8) is 0 Å². The van der Waals surface area contributed by atoms with Gasteiger partial charge in [0, 0.05) is 13.1 Å². The van der Waals surface area contributed by atoms with E-state index in [0.29, 0.717) is 11.2 Å². The third-order valence-electron chi connectivity index (χ3n) is 3.59. The molecule has 0 N–H and O–H groups in total. The Morgan fingerprint density at radius 1 is 1.31 bits per heavy atom. The number of hydrogen-bond acceptors (Lipinski definition) is 2. The molecule has 1 amide bonds. The first-order valence-corrected chi connectivity index (χ1v) is 5.78. The topological polar surface area (TPSA) is 20.3 Å². The van der Waals surface area contributed by atoms with Crippen LogP contribution in [0.4, 0.5) is 0 Å². The van der Waals surface area contributed by atoms with Gasteiger partial charge in [-0.25, -0.2) is 0 Å². The first-order chi connectivity index (χ1) is 6.26. The summed E-state index contributed by atoms with van der Waals surface area (Å²) < 4.78 is 0. The monoisotopic (exact) mass is 199 g/mol. The zero-order valence-corrected chi connectivity index (χ0v) is 8.85. The summed E-state index contributed by atoms with van der Waals surface area (Å²) in [7, 11) is 0. The fourth-order valence-corrected chi connectivity index (χ4v) is 2.98. The van der Waals surface area contributed by atoms with Crippen molar-refractivity contribution in [2.24, 2.45) is 5.41 Å². The van der Waals surface area contributed by atoms with Crippen LogP contribution in [0.2, 0.25) is 0 Å². The Bertz CT molecular complexity index is 211. The van der Waals surface area contributed by atoms with Gasteiger partial charge in [-0.15, -0.1) is 0 Å². The third kappa shape index (κ3) is 1.71. The summed E-state index contributed by atoms with van der Waals surface area (Å²) in [6, 6.07) is 0. The number of rotatable bonds is 1. The molecule has 0 aromatic heterocycles. The molecular formula is C10H17NOS. The van der Waals surface area contributed by atoms with E-state index in [0.717, 1.165) is 13.1 Å². The van der Waals surface area contributed by atoms with Crippen molar-refractivity contribution in [1.29, 1.82) is 0 Å². The fraction of sp³-hybridized carbons (Fsp3) is 0.900. The Balaban J connectivity index is 1.96. The second-order valence-electron chi connectivity index (χ2n) is 4.43. The number of carbonyl (C=O) groups is 1. The highest BCUT2D eigenvalue weighted by atomic mass is 32.1. The minimum atomic E-state index is 0.215. The minimum Gasteiger partial charge on any atom is -0.341 e. The largest absolute Gasteiger partial charge is 0.341 e. The third-order valence-corrected chi connectivity index (χ3v) is 3.86. The molecule has 0 aromatic carbocycles. The molecule has 2 rings (SSSR count). The Labute approximate surface area is 85.1 Å². The molecule has 2 nitrogen and oxygen atoms in total. The Morgan fingerprint density at radius 3 is 2.62 bits per heavy atom. The standard InChI is InChI=1S/C10H17NOS/c12-9(7-13)11-6-5-10(8-11)3-1-2-4-10/h13H,1-8H2. The summed E-state index contributed by atoms with van der Waals surface area (Å²) in [6.07, 6.45) is 6.63. The summed E-state index contributed by atoms with van der Waals surface area (Å²) >= 11 is 4.03. The lowest BCUT2D eigenvalue weighted by Crippen LogP contribution is -2.31. The van der Waals surface area contributed by atoms with Crippen molar-refractivity contribution >= 4 is 18.5 Å². The zero-order valence-electron chi connectivity index (χ0n) is 7.96. The van der Waals surface area contributed by atoms with Gasteiger partial charge in [0.1, 0.15) is 0 Å². The molecule has 0 atom stereocenters. The predicted molar refractivity (Wildman–Crippen MR) is 56.0 cm³/mol. The minimum absolute atomic E-state index is 0.215. The quantitative estimate of drug-likeness (QED) is 0.637. The van der Waals surface area contributed by atoms with Gasteiger partial charge >= 0.3 is 0 Å². The first kappa shape index (κ1) is 9.38. The van der Waals surface area contributed by atoms with Gasteiger partial charge in [-0.1, -0.05) is 12.8 Å². The van der Waals surface area contributed by atoms with E-state index in [2.05, 4.69) is 12.6 Å². The van der Waals surface area contributed by atoms with Gasteiger partial charge < -0.3 is 4.90 Å². The van der Waals surface area contributed by atoms with Crippen LogP contribution >= 0.6 is 12.6 Å². The number of nitrogens with zero attached hydrogens (tertiary/aromatic N) is 1. The SMILES string of the molecule is O=C(CS)N1CCC2(CCCC2)C1. The van der Waals surface area contributed by atoms with Crippen LogP contribution < -0.4 is 0 Å². The van der Waals surface area contributed by atoms with Gasteiger partial charge in [0.2, 0.25) is 5.91 Å². The highest BCUT2D eigenvalue weighted by molar-refractivity contribution is 7.81. The number of thiol groups is 1. The van der Waals surface area contributed by atoms with Crippen molar-refractivity contribution in [2.45, 2.75) is 32.1 Å². The van der Waals surface area contributed by atoms with Crippen molar-refractivity contribution in [3.8, 4) is 0 Å². The van der Waals surface area contributed by atoms with Crippen LogP contribution in [0, 0.1) is 5.41 Å². The highest BCUT2D eigenvalue weighted by Gasteiger charge is 2.41. The zero-order chi connectivity index (χ0) is 9.31. The van der Waals surface area contributed by atoms with Gasteiger partial charge in [0.05, 0.1) is 5.75 Å². The molecule has 2 fully saturated rings. The average molecular weight is 199 g/mol. The van der Waals surface area contributed by atoms with E-state index in [-0.39, 0.29) is 5.91 Å². The van der Waals surface area contributed by atoms with Crippen LogP contribution in [0.25, 0.3) is 0 Å². The lowest BCUT2D eigenvalue weighted by molar-refractivity contribution is -0.127. The maximum atomic E-state index is 11.4. The molecule has 1 aliphatic heterocycles. The molecule has 1 heterocycles. The summed E-state index contributed by atoms with van der Waals surface area (Å²) in [4.78, 5) is 13.4. The number of amides is 1. The van der Waals surface area contributed by atoms with Crippen LogP contribution in [0.5, 0.6) is 0 Å². The van der Waals surface area contributed by atoms with Crippen molar-refractivity contribution in [2.75, 3.05) is 18.8 Å². The normalized spacial score (nSPS) is 25.8. The molecule has 0 aromatic rings. The first-order valence-electron chi connectivity index (χ1n) is 5.14. The van der Waals surface area contributed by atoms with Gasteiger partial charge in [0.25, 0.3) is 0 Å². The maximum absolute atomic E-state index is 11.4. The predicted octanol–water partition coefficient (Wildman–Crippen LogP) is 1.71. The van der Waals surface area contributed by atoms with Crippen LogP contribution in [-0.4, -0.2) is 29.6 Å². The molecule has 1 saturated carbocycles. The molecule has 1 aliphatic carbocycles. The van der Waals surface area contributed by atoms with Crippen LogP contribution in [0.15, 0.2) is 0 Å². The molecule has 3 heteroatoms. The van der Waals surface area contributed by atoms with E-state index in [9.17, 15) is 4.79 Å². The molecule has 0 radical (unpaired) electrons. The van der Waals surface area contributed by atoms with Crippen LogP contribution in [-0.2, 0) is 4.79 Å². The average Bonchev–Trinajstić information content (AvgIpc) is 2.76. The van der Waals surface area contributed by atoms with Gasteiger partial charge in [-0.2, -0.15) is 12.6 Å². The van der Waals surface area contributed by atoms with Gasteiger partial charge in [0.15, 0.2) is 0 Å². The highest BCUT2D eigenvalue weighted by Crippen LogP contribution is 2.45. The van der Waals surface area contributed by atoms with E-state index in [1.807, 2.05) is 4.90 Å². The second-order valence-corrected chi connectivity index (χ2v) is 4.75. The Morgan fingerprint density at radius 2 is 2.00 bits per heavy atom. The van der Waals surface area contributed by atoms with Gasteiger partial charge in [-0.05, 0) is 24.7 Å². The molecule has 1 saturated heterocycles. The smallest absolute Gasteiger partial charge is 0.232 e. The lowest BCUT2D eigenvalue weighted by atomic mass is 9.86. The molecule has 0 unspecified atom stereocenters. The summed E-state index contributed by atoms with van der Waals surface area (Å²) in [6.45, 7) is 1.98. The van der Waals surface area contributed by atoms with Crippen molar-refractivity contribution in [1.82, 2.24) is 4.90 Å². The summed E-state index contributed by atoms with van der Waals surface area (Å²) in [5.41, 5.74) is 0.513. The van der Waals surface area contributed by atoms with Crippen molar-refractivity contribution in [3.05, 3.63) is 0 Å². The Kier molecular flexibility index (Phi) is 2.54. The van der Waals surface area contributed by atoms with E-state index in [1.54, 1.807) is 0 Å².